The molecule has 1 aliphatic heterocycles. The Morgan fingerprint density at radius 3 is 2.37 bits per heavy atom. The van der Waals surface area contributed by atoms with Crippen molar-refractivity contribution in [3.8, 4) is 28.2 Å². The molecule has 2 aromatic rings. The summed E-state index contributed by atoms with van der Waals surface area (Å²) in [5, 5.41) is 0. The minimum atomic E-state index is -0.529. The summed E-state index contributed by atoms with van der Waals surface area (Å²) in [5.41, 5.74) is 2.91. The lowest BCUT2D eigenvalue weighted by atomic mass is 10.0. The smallest absolute Gasteiger partial charge is 0.344 e. The van der Waals surface area contributed by atoms with Gasteiger partial charge in [-0.3, -0.25) is 0 Å². The first kappa shape index (κ1) is 20.7. The van der Waals surface area contributed by atoms with Gasteiger partial charge in [-0.1, -0.05) is 40.6 Å². The summed E-state index contributed by atoms with van der Waals surface area (Å²) < 4.78 is 11.1. The SMILES string of the molecule is Cc1ccc(-c2c3ccc(SS)c(OC(=O)c4ccc(S)cc4)cc-3oc2=O)cc1. The van der Waals surface area contributed by atoms with Crippen LogP contribution in [0.2, 0.25) is 0 Å². The highest BCUT2D eigenvalue weighted by atomic mass is 33.1. The van der Waals surface area contributed by atoms with Gasteiger partial charge in [-0.15, -0.1) is 24.3 Å². The zero-order valence-electron chi connectivity index (χ0n) is 15.8. The molecule has 0 atom stereocenters. The van der Waals surface area contributed by atoms with E-state index in [4.69, 9.17) is 9.15 Å². The van der Waals surface area contributed by atoms with Crippen LogP contribution in [-0.2, 0) is 0 Å². The predicted octanol–water partition coefficient (Wildman–Crippen LogP) is 6.16. The maximum absolute atomic E-state index is 12.6. The van der Waals surface area contributed by atoms with Crippen molar-refractivity contribution in [1.29, 1.82) is 0 Å². The zero-order valence-corrected chi connectivity index (χ0v) is 18.4. The van der Waals surface area contributed by atoms with Crippen molar-refractivity contribution < 1.29 is 13.9 Å². The highest BCUT2D eigenvalue weighted by Crippen LogP contribution is 2.39. The van der Waals surface area contributed by atoms with Gasteiger partial charge >= 0.3 is 11.6 Å². The molecule has 30 heavy (non-hydrogen) atoms. The first-order valence-electron chi connectivity index (χ1n) is 8.97. The average Bonchev–Trinajstić information content (AvgIpc) is 2.94. The standard InChI is InChI=1S/C23H16O4S3/c1-13-2-4-14(5-3-13)21-17-10-11-20(30-29)19(12-18(17)26-23(21)25)27-22(24)15-6-8-16(28)9-7-15/h2-12,28-29H,1H3. The summed E-state index contributed by atoms with van der Waals surface area (Å²) in [5.74, 6) is 0.0610. The Bertz CT molecular complexity index is 1250. The van der Waals surface area contributed by atoms with E-state index in [-0.39, 0.29) is 5.75 Å². The molecule has 0 N–H and O–H groups in total. The predicted molar refractivity (Wildman–Crippen MR) is 125 cm³/mol. The summed E-state index contributed by atoms with van der Waals surface area (Å²) >= 11 is 8.50. The first-order chi connectivity index (χ1) is 14.5. The molecule has 2 aromatic carbocycles. The molecule has 1 heterocycles. The normalized spacial score (nSPS) is 10.9. The quantitative estimate of drug-likeness (QED) is 0.220. The van der Waals surface area contributed by atoms with Crippen LogP contribution in [0.3, 0.4) is 0 Å². The monoisotopic (exact) mass is 452 g/mol. The molecule has 0 saturated heterocycles. The number of hydrogen-bond acceptors (Lipinski definition) is 7. The number of rotatable bonds is 4. The third-order valence-corrected chi connectivity index (χ3v) is 6.01. The molecule has 0 amide bonds. The summed E-state index contributed by atoms with van der Waals surface area (Å²) in [6.45, 7) is 1.98. The number of hydrogen-bond donors (Lipinski definition) is 2. The van der Waals surface area contributed by atoms with Crippen molar-refractivity contribution in [2.24, 2.45) is 0 Å². The van der Waals surface area contributed by atoms with Crippen molar-refractivity contribution in [3.63, 3.8) is 0 Å². The zero-order chi connectivity index (χ0) is 21.3. The second-order valence-electron chi connectivity index (χ2n) is 6.64. The van der Waals surface area contributed by atoms with Gasteiger partial charge in [0.2, 0.25) is 0 Å². The number of carbonyl (C=O) groups is 1. The van der Waals surface area contributed by atoms with E-state index in [1.807, 2.05) is 31.2 Å². The van der Waals surface area contributed by atoms with Crippen molar-refractivity contribution in [2.75, 3.05) is 0 Å². The number of fused-ring (bicyclic) bond motifs is 1. The molecule has 4 rings (SSSR count). The van der Waals surface area contributed by atoms with Crippen molar-refractivity contribution >= 4 is 41.1 Å². The Morgan fingerprint density at radius 2 is 1.70 bits per heavy atom. The second kappa shape index (κ2) is 8.63. The van der Waals surface area contributed by atoms with Gasteiger partial charge in [0.1, 0.15) is 11.5 Å². The van der Waals surface area contributed by atoms with E-state index in [0.717, 1.165) is 26.8 Å². The van der Waals surface area contributed by atoms with E-state index in [2.05, 4.69) is 24.3 Å². The lowest BCUT2D eigenvalue weighted by Gasteiger charge is -2.06. The molecule has 0 spiro atoms. The van der Waals surface area contributed by atoms with Crippen LogP contribution in [0.5, 0.6) is 5.75 Å². The van der Waals surface area contributed by atoms with Crippen LogP contribution in [0.1, 0.15) is 15.9 Å². The summed E-state index contributed by atoms with van der Waals surface area (Å²) in [6.07, 6.45) is 0. The van der Waals surface area contributed by atoms with Crippen LogP contribution in [0.25, 0.3) is 22.5 Å². The minimum Gasteiger partial charge on any atom is -0.422 e. The first-order valence-corrected chi connectivity index (χ1v) is 11.3. The topological polar surface area (TPSA) is 56.5 Å². The fraction of sp³-hybridized carbons (Fsp3) is 0.0435. The van der Waals surface area contributed by atoms with Gasteiger partial charge in [-0.05, 0) is 48.9 Å². The van der Waals surface area contributed by atoms with Crippen LogP contribution < -0.4 is 10.4 Å². The molecule has 7 heteroatoms. The molecular weight excluding hydrogens is 436 g/mol. The molecule has 150 valence electrons. The number of furan rings is 1. The minimum absolute atomic E-state index is 0.258. The largest absolute Gasteiger partial charge is 0.422 e. The van der Waals surface area contributed by atoms with E-state index < -0.39 is 11.6 Å². The Hall–Kier alpha value is -2.61. The summed E-state index contributed by atoms with van der Waals surface area (Å²) in [6, 6.07) is 19.4. The maximum Gasteiger partial charge on any atom is 0.344 e. The van der Waals surface area contributed by atoms with Crippen LogP contribution in [-0.4, -0.2) is 5.97 Å². The lowest BCUT2D eigenvalue weighted by Crippen LogP contribution is -2.08. The van der Waals surface area contributed by atoms with Crippen molar-refractivity contribution in [2.45, 2.75) is 16.7 Å². The van der Waals surface area contributed by atoms with Gasteiger partial charge in [0.25, 0.3) is 0 Å². The molecule has 0 saturated carbocycles. The van der Waals surface area contributed by atoms with Crippen molar-refractivity contribution in [1.82, 2.24) is 0 Å². The molecule has 0 unspecified atom stereocenters. The molecule has 0 radical (unpaired) electrons. The Kier molecular flexibility index (Phi) is 5.94. The molecule has 4 nitrogen and oxygen atoms in total. The number of carbonyl (C=O) groups excluding carboxylic acids is 1. The van der Waals surface area contributed by atoms with Crippen LogP contribution in [0.4, 0.5) is 0 Å². The number of esters is 1. The summed E-state index contributed by atoms with van der Waals surface area (Å²) in [7, 11) is 1.14. The van der Waals surface area contributed by atoms with Gasteiger partial charge in [0, 0.05) is 16.5 Å². The Balaban J connectivity index is 1.77. The molecule has 0 bridgehead atoms. The van der Waals surface area contributed by atoms with Crippen molar-refractivity contribution in [3.05, 3.63) is 88.3 Å². The molecular formula is C23H16O4S3. The molecule has 0 fully saturated rings. The van der Waals surface area contributed by atoms with E-state index in [1.165, 1.54) is 0 Å². The van der Waals surface area contributed by atoms with Crippen LogP contribution in [0.15, 0.2) is 85.7 Å². The van der Waals surface area contributed by atoms with E-state index in [0.29, 0.717) is 27.3 Å². The fourth-order valence-electron chi connectivity index (χ4n) is 3.05. The van der Waals surface area contributed by atoms with E-state index in [1.54, 1.807) is 42.5 Å². The highest BCUT2D eigenvalue weighted by Gasteiger charge is 2.21. The lowest BCUT2D eigenvalue weighted by molar-refractivity contribution is 0.0730. The molecule has 0 aromatic heterocycles. The maximum atomic E-state index is 12.6. The fourth-order valence-corrected chi connectivity index (χ4v) is 3.97. The average molecular weight is 453 g/mol. The number of benzene rings is 2. The van der Waals surface area contributed by atoms with E-state index in [9.17, 15) is 9.59 Å². The second-order valence-corrected chi connectivity index (χ2v) is 8.33. The number of thiol groups is 2. The van der Waals surface area contributed by atoms with Gasteiger partial charge < -0.3 is 9.15 Å². The third-order valence-electron chi connectivity index (χ3n) is 4.59. The van der Waals surface area contributed by atoms with Gasteiger partial charge in [0.15, 0.2) is 0 Å². The van der Waals surface area contributed by atoms with Crippen LogP contribution in [0, 0.1) is 6.92 Å². The Morgan fingerprint density at radius 1 is 1.00 bits per heavy atom. The number of aryl methyl sites for hydroxylation is 1. The third kappa shape index (κ3) is 4.14. The molecule has 2 aliphatic rings. The van der Waals surface area contributed by atoms with Crippen LogP contribution >= 0.6 is 35.1 Å². The van der Waals surface area contributed by atoms with Gasteiger partial charge in [0.05, 0.1) is 16.0 Å². The van der Waals surface area contributed by atoms with E-state index >= 15 is 0 Å². The highest BCUT2D eigenvalue weighted by molar-refractivity contribution is 8.68. The molecule has 1 aliphatic carbocycles. The van der Waals surface area contributed by atoms with Gasteiger partial charge in [-0.25, -0.2) is 9.59 Å². The number of ether oxygens (including phenoxy) is 1. The van der Waals surface area contributed by atoms with Gasteiger partial charge in [-0.2, -0.15) is 0 Å². The Labute approximate surface area is 187 Å². The summed E-state index contributed by atoms with van der Waals surface area (Å²) in [4.78, 5) is 26.5.